The van der Waals surface area contributed by atoms with Gasteiger partial charge < -0.3 is 15.4 Å². The normalized spacial score (nSPS) is 13.0. The third-order valence-corrected chi connectivity index (χ3v) is 4.85. The lowest BCUT2D eigenvalue weighted by atomic mass is 10.0. The summed E-state index contributed by atoms with van der Waals surface area (Å²) in [6, 6.07) is 13.8. The highest BCUT2D eigenvalue weighted by molar-refractivity contribution is 9.10. The van der Waals surface area contributed by atoms with Gasteiger partial charge in [0.15, 0.2) is 0 Å². The smallest absolute Gasteiger partial charge is 0.251 e. The Morgan fingerprint density at radius 2 is 1.52 bits per heavy atom. The van der Waals surface area contributed by atoms with Crippen molar-refractivity contribution in [3.8, 4) is 5.75 Å². The van der Waals surface area contributed by atoms with Gasteiger partial charge in [-0.3, -0.25) is 9.59 Å². The van der Waals surface area contributed by atoms with Crippen LogP contribution in [0.1, 0.15) is 42.7 Å². The second kappa shape index (κ2) is 9.55. The third-order valence-electron chi connectivity index (χ3n) is 4.32. The molecule has 2 N–H and O–H groups in total. The van der Waals surface area contributed by atoms with Crippen LogP contribution in [0.4, 0.5) is 0 Å². The predicted octanol–water partition coefficient (Wildman–Crippen LogP) is 4.09. The van der Waals surface area contributed by atoms with E-state index in [-0.39, 0.29) is 23.8 Å². The molecule has 2 unspecified atom stereocenters. The Bertz CT molecular complexity index is 773. The van der Waals surface area contributed by atoms with Crippen molar-refractivity contribution < 1.29 is 14.3 Å². The summed E-state index contributed by atoms with van der Waals surface area (Å²) in [6.45, 7) is 5.73. The Morgan fingerprint density at radius 3 is 2.04 bits per heavy atom. The molecule has 0 saturated carbocycles. The molecule has 2 aromatic carbocycles. The Kier molecular flexibility index (Phi) is 7.42. The number of nitrogens with one attached hydrogen (secondary N) is 2. The van der Waals surface area contributed by atoms with Crippen LogP contribution in [-0.2, 0) is 4.79 Å². The summed E-state index contributed by atoms with van der Waals surface area (Å²) in [5, 5.41) is 5.82. The van der Waals surface area contributed by atoms with Crippen molar-refractivity contribution in [1.29, 1.82) is 0 Å². The summed E-state index contributed by atoms with van der Waals surface area (Å²) in [5.74, 6) is 0.127. The maximum Gasteiger partial charge on any atom is 0.251 e. The van der Waals surface area contributed by atoms with Gasteiger partial charge in [-0.15, -0.1) is 0 Å². The Morgan fingerprint density at radius 1 is 0.926 bits per heavy atom. The molecular formula is C21H25BrN2O3. The van der Waals surface area contributed by atoms with Crippen molar-refractivity contribution in [2.75, 3.05) is 7.11 Å². The highest BCUT2D eigenvalue weighted by Crippen LogP contribution is 2.17. The molecule has 2 atom stereocenters. The number of benzene rings is 2. The van der Waals surface area contributed by atoms with E-state index in [1.54, 1.807) is 31.4 Å². The minimum absolute atomic E-state index is 0.0516. The van der Waals surface area contributed by atoms with E-state index >= 15 is 0 Å². The van der Waals surface area contributed by atoms with E-state index in [1.807, 2.05) is 45.0 Å². The minimum Gasteiger partial charge on any atom is -0.497 e. The summed E-state index contributed by atoms with van der Waals surface area (Å²) in [7, 11) is 1.57. The molecule has 27 heavy (non-hydrogen) atoms. The number of carbonyl (C=O) groups is 2. The quantitative estimate of drug-likeness (QED) is 0.691. The zero-order valence-corrected chi connectivity index (χ0v) is 17.5. The number of methoxy groups -OCH3 is 1. The number of halogens is 1. The van der Waals surface area contributed by atoms with E-state index in [9.17, 15) is 9.59 Å². The summed E-state index contributed by atoms with van der Waals surface area (Å²) >= 11 is 3.40. The van der Waals surface area contributed by atoms with Gasteiger partial charge in [0, 0.05) is 10.0 Å². The van der Waals surface area contributed by atoms with E-state index in [1.165, 1.54) is 0 Å². The average Bonchev–Trinajstić information content (AvgIpc) is 2.66. The molecule has 0 heterocycles. The predicted molar refractivity (Wildman–Crippen MR) is 110 cm³/mol. The van der Waals surface area contributed by atoms with Gasteiger partial charge in [0.25, 0.3) is 5.91 Å². The largest absolute Gasteiger partial charge is 0.497 e. The van der Waals surface area contributed by atoms with Crippen molar-refractivity contribution in [3.05, 3.63) is 64.1 Å². The number of rotatable bonds is 7. The van der Waals surface area contributed by atoms with Crippen LogP contribution in [0.25, 0.3) is 0 Å². The molecule has 0 spiro atoms. The van der Waals surface area contributed by atoms with Gasteiger partial charge in [0.05, 0.1) is 13.2 Å². The van der Waals surface area contributed by atoms with Gasteiger partial charge in [-0.1, -0.05) is 41.9 Å². The SMILES string of the molecule is COc1ccc(C(=O)NC(C(=O)NC(C)c2ccc(Br)cc2)C(C)C)cc1. The topological polar surface area (TPSA) is 67.4 Å². The molecule has 0 fully saturated rings. The molecule has 144 valence electrons. The van der Waals surface area contributed by atoms with Crippen LogP contribution >= 0.6 is 15.9 Å². The molecule has 2 aromatic rings. The van der Waals surface area contributed by atoms with Crippen LogP contribution in [0.15, 0.2) is 53.0 Å². The monoisotopic (exact) mass is 432 g/mol. The van der Waals surface area contributed by atoms with Crippen molar-refractivity contribution in [3.63, 3.8) is 0 Å². The van der Waals surface area contributed by atoms with E-state index in [0.717, 1.165) is 10.0 Å². The number of hydrogen-bond donors (Lipinski definition) is 2. The lowest BCUT2D eigenvalue weighted by molar-refractivity contribution is -0.124. The van der Waals surface area contributed by atoms with E-state index in [0.29, 0.717) is 11.3 Å². The molecule has 0 saturated heterocycles. The summed E-state index contributed by atoms with van der Waals surface area (Å²) in [4.78, 5) is 25.3. The number of carbonyl (C=O) groups excluding carboxylic acids is 2. The van der Waals surface area contributed by atoms with E-state index in [4.69, 9.17) is 4.74 Å². The Labute approximate surface area is 168 Å². The second-order valence-corrected chi connectivity index (χ2v) is 7.62. The van der Waals surface area contributed by atoms with Gasteiger partial charge in [-0.05, 0) is 54.8 Å². The standard InChI is InChI=1S/C21H25BrN2O3/c1-13(2)19(24-20(25)16-7-11-18(27-4)12-8-16)21(26)23-14(3)15-5-9-17(22)10-6-15/h5-14,19H,1-4H3,(H,23,26)(H,24,25). The molecule has 5 nitrogen and oxygen atoms in total. The van der Waals surface area contributed by atoms with Crippen molar-refractivity contribution >= 4 is 27.7 Å². The van der Waals surface area contributed by atoms with Crippen LogP contribution in [0.5, 0.6) is 5.75 Å². The molecule has 0 aliphatic rings. The first-order chi connectivity index (χ1) is 12.8. The van der Waals surface area contributed by atoms with E-state index < -0.39 is 6.04 Å². The van der Waals surface area contributed by atoms with Crippen molar-refractivity contribution in [2.45, 2.75) is 32.9 Å². The van der Waals surface area contributed by atoms with Gasteiger partial charge in [-0.25, -0.2) is 0 Å². The number of amides is 2. The molecule has 0 bridgehead atoms. The van der Waals surface area contributed by atoms with Crippen LogP contribution in [0.2, 0.25) is 0 Å². The highest BCUT2D eigenvalue weighted by Gasteiger charge is 2.26. The van der Waals surface area contributed by atoms with Gasteiger partial charge >= 0.3 is 0 Å². The molecule has 2 rings (SSSR count). The fourth-order valence-corrected chi connectivity index (χ4v) is 2.90. The average molecular weight is 433 g/mol. The zero-order valence-electron chi connectivity index (χ0n) is 16.0. The molecular weight excluding hydrogens is 408 g/mol. The first-order valence-corrected chi connectivity index (χ1v) is 9.62. The molecule has 2 amide bonds. The minimum atomic E-state index is -0.627. The maximum absolute atomic E-state index is 12.7. The fourth-order valence-electron chi connectivity index (χ4n) is 2.64. The summed E-state index contributed by atoms with van der Waals surface area (Å²) in [5.41, 5.74) is 1.48. The van der Waals surface area contributed by atoms with Crippen LogP contribution < -0.4 is 15.4 Å². The fraction of sp³-hybridized carbons (Fsp3) is 0.333. The van der Waals surface area contributed by atoms with Gasteiger partial charge in [0.2, 0.25) is 5.91 Å². The van der Waals surface area contributed by atoms with Crippen LogP contribution in [0, 0.1) is 5.92 Å². The lowest BCUT2D eigenvalue weighted by Gasteiger charge is -2.24. The highest BCUT2D eigenvalue weighted by atomic mass is 79.9. The Balaban J connectivity index is 2.05. The maximum atomic E-state index is 12.7. The summed E-state index contributed by atoms with van der Waals surface area (Å²) in [6.07, 6.45) is 0. The Hall–Kier alpha value is -2.34. The number of ether oxygens (including phenoxy) is 1. The molecule has 0 aromatic heterocycles. The zero-order chi connectivity index (χ0) is 20.0. The van der Waals surface area contributed by atoms with Gasteiger partial charge in [-0.2, -0.15) is 0 Å². The molecule has 0 aliphatic heterocycles. The first kappa shape index (κ1) is 21.0. The van der Waals surface area contributed by atoms with Crippen molar-refractivity contribution in [1.82, 2.24) is 10.6 Å². The second-order valence-electron chi connectivity index (χ2n) is 6.71. The molecule has 0 aliphatic carbocycles. The lowest BCUT2D eigenvalue weighted by Crippen LogP contribution is -2.50. The molecule has 6 heteroatoms. The summed E-state index contributed by atoms with van der Waals surface area (Å²) < 4.78 is 6.08. The van der Waals surface area contributed by atoms with Gasteiger partial charge in [0.1, 0.15) is 11.8 Å². The third kappa shape index (κ3) is 5.82. The molecule has 0 radical (unpaired) electrons. The number of hydrogen-bond acceptors (Lipinski definition) is 3. The van der Waals surface area contributed by atoms with Crippen molar-refractivity contribution in [2.24, 2.45) is 5.92 Å². The first-order valence-electron chi connectivity index (χ1n) is 8.82. The van der Waals surface area contributed by atoms with E-state index in [2.05, 4.69) is 26.6 Å². The van der Waals surface area contributed by atoms with Crippen LogP contribution in [0.3, 0.4) is 0 Å². The van der Waals surface area contributed by atoms with Crippen LogP contribution in [-0.4, -0.2) is 25.0 Å².